The number of hydrogen-bond acceptors (Lipinski definition) is 2. The van der Waals surface area contributed by atoms with E-state index in [1.54, 1.807) is 0 Å². The molecule has 0 saturated heterocycles. The van der Waals surface area contributed by atoms with Gasteiger partial charge in [0.2, 0.25) is 0 Å². The highest BCUT2D eigenvalue weighted by atomic mass is 19.4. The molecular formula is C18H22F3NO2. The van der Waals surface area contributed by atoms with E-state index in [2.05, 4.69) is 5.32 Å². The van der Waals surface area contributed by atoms with Crippen LogP contribution in [0.2, 0.25) is 0 Å². The molecule has 1 amide bonds. The molecule has 4 atom stereocenters. The number of ether oxygens (including phenoxy) is 1. The molecular weight excluding hydrogens is 319 g/mol. The van der Waals surface area contributed by atoms with Gasteiger partial charge in [-0.1, -0.05) is 12.5 Å². The van der Waals surface area contributed by atoms with Crippen molar-refractivity contribution in [3.8, 4) is 5.75 Å². The molecule has 0 aliphatic heterocycles. The first-order valence-electron chi connectivity index (χ1n) is 8.42. The van der Waals surface area contributed by atoms with Crippen molar-refractivity contribution in [1.82, 2.24) is 5.32 Å². The maximum atomic E-state index is 12.7. The molecule has 0 spiro atoms. The molecule has 2 fully saturated rings. The molecule has 2 bridgehead atoms. The number of alkyl halides is 3. The third kappa shape index (κ3) is 3.84. The monoisotopic (exact) mass is 341 g/mol. The van der Waals surface area contributed by atoms with Crippen LogP contribution < -0.4 is 10.1 Å². The second-order valence-corrected chi connectivity index (χ2v) is 7.01. The van der Waals surface area contributed by atoms with Crippen LogP contribution in [0.15, 0.2) is 24.3 Å². The molecule has 3 nitrogen and oxygen atoms in total. The van der Waals surface area contributed by atoms with Crippen LogP contribution in [-0.4, -0.2) is 18.6 Å². The van der Waals surface area contributed by atoms with E-state index in [1.165, 1.54) is 37.8 Å². The van der Waals surface area contributed by atoms with Gasteiger partial charge in [-0.3, -0.25) is 4.79 Å². The Morgan fingerprint density at radius 3 is 2.75 bits per heavy atom. The predicted octanol–water partition coefficient (Wildman–Crippen LogP) is 4.03. The molecule has 1 aromatic carbocycles. The lowest BCUT2D eigenvalue weighted by molar-refractivity contribution is -0.137. The molecule has 1 N–H and O–H groups in total. The van der Waals surface area contributed by atoms with Gasteiger partial charge < -0.3 is 10.1 Å². The summed E-state index contributed by atoms with van der Waals surface area (Å²) < 4.78 is 43.2. The average Bonchev–Trinajstić information content (AvgIpc) is 3.15. The number of fused-ring (bicyclic) bond motifs is 2. The third-order valence-electron chi connectivity index (χ3n) is 5.35. The Morgan fingerprint density at radius 2 is 2.12 bits per heavy atom. The summed E-state index contributed by atoms with van der Waals surface area (Å²) >= 11 is 0. The van der Waals surface area contributed by atoms with Gasteiger partial charge in [-0.15, -0.1) is 0 Å². The number of carbonyl (C=O) groups excluding carboxylic acids is 1. The molecule has 3 rings (SSSR count). The third-order valence-corrected chi connectivity index (χ3v) is 5.35. The molecule has 1 aromatic rings. The topological polar surface area (TPSA) is 38.3 Å². The van der Waals surface area contributed by atoms with Crippen LogP contribution in [0.1, 0.15) is 38.2 Å². The highest BCUT2D eigenvalue weighted by Gasteiger charge is 2.42. The summed E-state index contributed by atoms with van der Waals surface area (Å²) in [6.07, 6.45) is 0.570. The molecule has 4 unspecified atom stereocenters. The van der Waals surface area contributed by atoms with E-state index in [0.29, 0.717) is 11.8 Å². The Labute approximate surface area is 139 Å². The molecule has 6 heteroatoms. The second kappa shape index (κ2) is 6.65. The van der Waals surface area contributed by atoms with Crippen LogP contribution in [0, 0.1) is 17.8 Å². The normalized spacial score (nSPS) is 27.1. The Bertz CT molecular complexity index is 602. The molecule has 0 heterocycles. The summed E-state index contributed by atoms with van der Waals surface area (Å²) in [6, 6.07) is 4.66. The van der Waals surface area contributed by atoms with Gasteiger partial charge in [-0.2, -0.15) is 13.2 Å². The minimum atomic E-state index is -4.42. The lowest BCUT2D eigenvalue weighted by atomic mass is 9.84. The molecule has 2 saturated carbocycles. The standard InChI is InChI=1S/C18H22F3NO2/c1-11(16-8-12-5-6-13(16)7-12)22-17(23)10-24-15-4-2-3-14(9-15)18(19,20)21/h2-4,9,11-13,16H,5-8,10H2,1H3,(H,22,23). The largest absolute Gasteiger partial charge is 0.484 e. The summed E-state index contributed by atoms with van der Waals surface area (Å²) in [6.45, 7) is 1.74. The lowest BCUT2D eigenvalue weighted by Gasteiger charge is -2.28. The fraction of sp³-hybridized carbons (Fsp3) is 0.611. The van der Waals surface area contributed by atoms with Gasteiger partial charge >= 0.3 is 6.18 Å². The number of benzene rings is 1. The van der Waals surface area contributed by atoms with E-state index in [-0.39, 0.29) is 24.3 Å². The Kier molecular flexibility index (Phi) is 4.74. The zero-order valence-electron chi connectivity index (χ0n) is 13.6. The van der Waals surface area contributed by atoms with Crippen LogP contribution in [0.3, 0.4) is 0 Å². The minimum Gasteiger partial charge on any atom is -0.484 e. The number of nitrogens with one attached hydrogen (secondary N) is 1. The average molecular weight is 341 g/mol. The van der Waals surface area contributed by atoms with Crippen molar-refractivity contribution in [1.29, 1.82) is 0 Å². The van der Waals surface area contributed by atoms with Gasteiger partial charge in [-0.05, 0) is 62.1 Å². The van der Waals surface area contributed by atoms with Gasteiger partial charge in [-0.25, -0.2) is 0 Å². The Hall–Kier alpha value is -1.72. The summed E-state index contributed by atoms with van der Waals surface area (Å²) in [5.41, 5.74) is -0.782. The fourth-order valence-electron chi connectivity index (χ4n) is 4.22. The lowest BCUT2D eigenvalue weighted by Crippen LogP contribution is -2.42. The van der Waals surface area contributed by atoms with Crippen LogP contribution >= 0.6 is 0 Å². The van der Waals surface area contributed by atoms with Gasteiger partial charge in [0.1, 0.15) is 5.75 Å². The molecule has 0 radical (unpaired) electrons. The molecule has 2 aliphatic carbocycles. The van der Waals surface area contributed by atoms with Crippen molar-refractivity contribution in [2.45, 2.75) is 44.8 Å². The number of halogens is 3. The van der Waals surface area contributed by atoms with Crippen LogP contribution in [0.25, 0.3) is 0 Å². The predicted molar refractivity (Wildman–Crippen MR) is 83.5 cm³/mol. The van der Waals surface area contributed by atoms with E-state index in [9.17, 15) is 18.0 Å². The Morgan fingerprint density at radius 1 is 1.33 bits per heavy atom. The zero-order chi connectivity index (χ0) is 17.3. The van der Waals surface area contributed by atoms with E-state index in [1.807, 2.05) is 6.92 Å². The van der Waals surface area contributed by atoms with Crippen molar-refractivity contribution in [2.24, 2.45) is 17.8 Å². The highest BCUT2D eigenvalue weighted by molar-refractivity contribution is 5.77. The first-order chi connectivity index (χ1) is 11.3. The molecule has 0 aromatic heterocycles. The summed E-state index contributed by atoms with van der Waals surface area (Å²) in [7, 11) is 0. The number of rotatable bonds is 5. The Balaban J connectivity index is 1.49. The SMILES string of the molecule is CC(NC(=O)COc1cccc(C(F)(F)F)c1)C1CC2CCC1C2. The summed E-state index contributed by atoms with van der Waals surface area (Å²) in [5, 5.41) is 2.94. The minimum absolute atomic E-state index is 0.0487. The molecule has 132 valence electrons. The first kappa shape index (κ1) is 17.1. The van der Waals surface area contributed by atoms with Crippen LogP contribution in [0.5, 0.6) is 5.75 Å². The van der Waals surface area contributed by atoms with Gasteiger partial charge in [0.25, 0.3) is 5.91 Å². The van der Waals surface area contributed by atoms with Crippen LogP contribution in [-0.2, 0) is 11.0 Å². The van der Waals surface area contributed by atoms with Gasteiger partial charge in [0.05, 0.1) is 5.56 Å². The van der Waals surface area contributed by atoms with Crippen LogP contribution in [0.4, 0.5) is 13.2 Å². The maximum absolute atomic E-state index is 12.7. The van der Waals surface area contributed by atoms with Crippen molar-refractivity contribution < 1.29 is 22.7 Å². The van der Waals surface area contributed by atoms with Gasteiger partial charge in [0, 0.05) is 6.04 Å². The van der Waals surface area contributed by atoms with Crippen molar-refractivity contribution >= 4 is 5.91 Å². The summed E-state index contributed by atoms with van der Waals surface area (Å²) in [4.78, 5) is 12.0. The summed E-state index contributed by atoms with van der Waals surface area (Å²) in [5.74, 6) is 1.78. The van der Waals surface area contributed by atoms with E-state index in [0.717, 1.165) is 18.1 Å². The molecule has 2 aliphatic rings. The number of amides is 1. The van der Waals surface area contributed by atoms with E-state index < -0.39 is 11.7 Å². The smallest absolute Gasteiger partial charge is 0.416 e. The molecule has 24 heavy (non-hydrogen) atoms. The highest BCUT2D eigenvalue weighted by Crippen LogP contribution is 2.49. The second-order valence-electron chi connectivity index (χ2n) is 7.01. The van der Waals surface area contributed by atoms with E-state index in [4.69, 9.17) is 4.74 Å². The van der Waals surface area contributed by atoms with Gasteiger partial charge in [0.15, 0.2) is 6.61 Å². The van der Waals surface area contributed by atoms with Crippen molar-refractivity contribution in [3.05, 3.63) is 29.8 Å². The maximum Gasteiger partial charge on any atom is 0.416 e. The number of hydrogen-bond donors (Lipinski definition) is 1. The first-order valence-corrected chi connectivity index (χ1v) is 8.42. The number of carbonyl (C=O) groups is 1. The zero-order valence-corrected chi connectivity index (χ0v) is 13.6. The van der Waals surface area contributed by atoms with E-state index >= 15 is 0 Å². The van der Waals surface area contributed by atoms with Crippen molar-refractivity contribution in [2.75, 3.05) is 6.61 Å². The quantitative estimate of drug-likeness (QED) is 0.878. The fourth-order valence-corrected chi connectivity index (χ4v) is 4.22. The van der Waals surface area contributed by atoms with Crippen molar-refractivity contribution in [3.63, 3.8) is 0 Å².